The summed E-state index contributed by atoms with van der Waals surface area (Å²) < 4.78 is 43.3. The number of rotatable bonds is 4. The van der Waals surface area contributed by atoms with Gasteiger partial charge in [0.15, 0.2) is 24.0 Å². The molecule has 1 aromatic carbocycles. The molecule has 8 heteroatoms. The lowest BCUT2D eigenvalue weighted by Crippen LogP contribution is -2.64. The van der Waals surface area contributed by atoms with Crippen LogP contribution in [-0.4, -0.2) is 67.1 Å². The summed E-state index contributed by atoms with van der Waals surface area (Å²) >= 11 is 0. The van der Waals surface area contributed by atoms with Crippen molar-refractivity contribution in [2.45, 2.75) is 101 Å². The minimum atomic E-state index is -0.865. The molecule has 1 aromatic rings. The molecule has 5 rings (SSSR count). The Morgan fingerprint density at radius 3 is 1.94 bits per heavy atom. The number of esters is 1. The zero-order valence-electron chi connectivity index (χ0n) is 19.0. The second kappa shape index (κ2) is 8.34. The maximum Gasteiger partial charge on any atom is 0.338 e. The van der Waals surface area contributed by atoms with Gasteiger partial charge in [-0.05, 0) is 59.1 Å². The Bertz CT molecular complexity index is 787. The van der Waals surface area contributed by atoms with Crippen LogP contribution in [0.2, 0.25) is 0 Å². The Morgan fingerprint density at radius 2 is 1.41 bits per heavy atom. The molecule has 0 amide bonds. The fourth-order valence-electron chi connectivity index (χ4n) is 5.07. The number of carbonyl (C=O) groups is 1. The third-order valence-electron chi connectivity index (χ3n) is 6.32. The van der Waals surface area contributed by atoms with Gasteiger partial charge in [0, 0.05) is 6.61 Å². The van der Waals surface area contributed by atoms with E-state index in [0.717, 1.165) is 19.3 Å². The molecule has 3 aliphatic heterocycles. The van der Waals surface area contributed by atoms with Gasteiger partial charge in [0.1, 0.15) is 30.5 Å². The van der Waals surface area contributed by atoms with Gasteiger partial charge in [-0.25, -0.2) is 4.79 Å². The first kappa shape index (κ1) is 22.3. The van der Waals surface area contributed by atoms with Crippen LogP contribution in [-0.2, 0) is 33.2 Å². The monoisotopic (exact) mass is 448 g/mol. The molecule has 0 radical (unpaired) electrons. The molecular weight excluding hydrogens is 416 g/mol. The first-order valence-corrected chi connectivity index (χ1v) is 11.5. The van der Waals surface area contributed by atoms with Crippen molar-refractivity contribution in [2.24, 2.45) is 0 Å². The Hall–Kier alpha value is -1.55. The molecule has 4 aliphatic rings. The molecule has 0 aromatic heterocycles. The van der Waals surface area contributed by atoms with Crippen molar-refractivity contribution in [2.75, 3.05) is 6.61 Å². The number of ether oxygens (including phenoxy) is 7. The van der Waals surface area contributed by atoms with Crippen molar-refractivity contribution >= 4 is 5.97 Å². The normalized spacial score (nSPS) is 39.8. The Balaban J connectivity index is 1.45. The van der Waals surface area contributed by atoms with Crippen LogP contribution in [0, 0.1) is 0 Å². The van der Waals surface area contributed by atoms with E-state index in [1.807, 2.05) is 33.8 Å². The van der Waals surface area contributed by atoms with E-state index in [1.54, 1.807) is 24.3 Å². The quantitative estimate of drug-likeness (QED) is 0.650. The van der Waals surface area contributed by atoms with Crippen molar-refractivity contribution in [3.63, 3.8) is 0 Å². The van der Waals surface area contributed by atoms with E-state index in [4.69, 9.17) is 33.2 Å². The molecule has 8 nitrogen and oxygen atoms in total. The Morgan fingerprint density at radius 1 is 0.844 bits per heavy atom. The minimum absolute atomic E-state index is 0.335. The van der Waals surface area contributed by atoms with Crippen LogP contribution >= 0.6 is 0 Å². The van der Waals surface area contributed by atoms with E-state index in [-0.39, 0.29) is 6.29 Å². The zero-order valence-corrected chi connectivity index (χ0v) is 19.0. The molecule has 3 heterocycles. The molecule has 176 valence electrons. The summed E-state index contributed by atoms with van der Waals surface area (Å²) in [5.74, 6) is -2.17. The third kappa shape index (κ3) is 4.32. The van der Waals surface area contributed by atoms with E-state index in [1.165, 1.54) is 0 Å². The lowest BCUT2D eigenvalue weighted by Gasteiger charge is -2.43. The van der Waals surface area contributed by atoms with Gasteiger partial charge < -0.3 is 33.2 Å². The highest BCUT2D eigenvalue weighted by molar-refractivity contribution is 5.89. The van der Waals surface area contributed by atoms with E-state index in [0.29, 0.717) is 12.2 Å². The minimum Gasteiger partial charge on any atom is -0.453 e. The maximum atomic E-state index is 12.9. The first-order valence-electron chi connectivity index (χ1n) is 11.5. The Labute approximate surface area is 188 Å². The number of carbonyl (C=O) groups excluding carboxylic acids is 1. The average Bonchev–Trinajstić information content (AvgIpc) is 3.26. The molecule has 1 saturated carbocycles. The molecule has 1 aliphatic carbocycles. The molecular formula is C24H32O8. The van der Waals surface area contributed by atoms with E-state index >= 15 is 0 Å². The van der Waals surface area contributed by atoms with Gasteiger partial charge in [-0.2, -0.15) is 0 Å². The standard InChI is InChI=1S/C24H32O8/c1-23(2)29-18-16(27-15-12-8-9-13-26-15)19-21(32-24(3,4)30-19)17(20(18)31-23)28-22(25)14-10-6-5-7-11-14/h5-7,10-11,15-21H,8-9,12-13H2,1-4H3/t15-,16?,17?,18-,19+,20-,21-/m0/s1. The predicted molar refractivity (Wildman–Crippen MR) is 112 cm³/mol. The van der Waals surface area contributed by atoms with Crippen molar-refractivity contribution in [1.29, 1.82) is 0 Å². The van der Waals surface area contributed by atoms with Crippen LogP contribution in [0.25, 0.3) is 0 Å². The summed E-state index contributed by atoms with van der Waals surface area (Å²) in [5.41, 5.74) is 0.464. The Kier molecular flexibility index (Phi) is 5.80. The molecule has 3 saturated heterocycles. The molecule has 0 N–H and O–H groups in total. The van der Waals surface area contributed by atoms with E-state index < -0.39 is 54.2 Å². The topological polar surface area (TPSA) is 81.7 Å². The summed E-state index contributed by atoms with van der Waals surface area (Å²) in [6.45, 7) is 8.05. The van der Waals surface area contributed by atoms with Crippen molar-refractivity contribution in [1.82, 2.24) is 0 Å². The summed E-state index contributed by atoms with van der Waals surface area (Å²) in [5, 5.41) is 0. The zero-order chi connectivity index (χ0) is 22.5. The van der Waals surface area contributed by atoms with Crippen LogP contribution < -0.4 is 0 Å². The van der Waals surface area contributed by atoms with Gasteiger partial charge in [0.2, 0.25) is 0 Å². The average molecular weight is 449 g/mol. The van der Waals surface area contributed by atoms with Gasteiger partial charge in [0.05, 0.1) is 5.56 Å². The number of fused-ring (bicyclic) bond motifs is 2. The molecule has 2 unspecified atom stereocenters. The summed E-state index contributed by atoms with van der Waals surface area (Å²) in [6.07, 6.45) is -0.774. The summed E-state index contributed by atoms with van der Waals surface area (Å²) in [4.78, 5) is 12.9. The highest BCUT2D eigenvalue weighted by Gasteiger charge is 2.65. The lowest BCUT2D eigenvalue weighted by molar-refractivity contribution is -0.254. The fraction of sp³-hybridized carbons (Fsp3) is 0.708. The van der Waals surface area contributed by atoms with Crippen LogP contribution in [0.15, 0.2) is 30.3 Å². The molecule has 0 bridgehead atoms. The van der Waals surface area contributed by atoms with E-state index in [9.17, 15) is 4.79 Å². The van der Waals surface area contributed by atoms with Gasteiger partial charge in [-0.1, -0.05) is 18.2 Å². The number of benzene rings is 1. The van der Waals surface area contributed by atoms with Crippen molar-refractivity contribution < 1.29 is 38.0 Å². The van der Waals surface area contributed by atoms with Crippen LogP contribution in [0.5, 0.6) is 0 Å². The summed E-state index contributed by atoms with van der Waals surface area (Å²) in [7, 11) is 0. The summed E-state index contributed by atoms with van der Waals surface area (Å²) in [6, 6.07) is 8.89. The highest BCUT2D eigenvalue weighted by Crippen LogP contribution is 2.47. The molecule has 0 spiro atoms. The first-order chi connectivity index (χ1) is 15.2. The molecule has 32 heavy (non-hydrogen) atoms. The van der Waals surface area contributed by atoms with Gasteiger partial charge >= 0.3 is 5.97 Å². The molecule has 7 atom stereocenters. The molecule has 4 fully saturated rings. The smallest absolute Gasteiger partial charge is 0.338 e. The van der Waals surface area contributed by atoms with E-state index in [2.05, 4.69) is 0 Å². The van der Waals surface area contributed by atoms with Crippen LogP contribution in [0.4, 0.5) is 0 Å². The second-order valence-electron chi connectivity index (χ2n) is 9.76. The predicted octanol–water partition coefficient (Wildman–Crippen LogP) is 3.18. The van der Waals surface area contributed by atoms with Crippen molar-refractivity contribution in [3.05, 3.63) is 35.9 Å². The van der Waals surface area contributed by atoms with Gasteiger partial charge in [-0.3, -0.25) is 0 Å². The van der Waals surface area contributed by atoms with Crippen molar-refractivity contribution in [3.8, 4) is 0 Å². The largest absolute Gasteiger partial charge is 0.453 e. The number of hydrogen-bond acceptors (Lipinski definition) is 8. The van der Waals surface area contributed by atoms with Crippen LogP contribution in [0.3, 0.4) is 0 Å². The van der Waals surface area contributed by atoms with Gasteiger partial charge in [0.25, 0.3) is 0 Å². The SMILES string of the molecule is CC1(C)O[C@@H]2C(O[C@H]3CCCCO3)[C@@H]3OC(C)(C)O[C@H]3C(OC(=O)c3ccccc3)[C@@H]2O1. The van der Waals surface area contributed by atoms with Gasteiger partial charge in [-0.15, -0.1) is 0 Å². The third-order valence-corrected chi connectivity index (χ3v) is 6.32. The fourth-order valence-corrected chi connectivity index (χ4v) is 5.07. The second-order valence-corrected chi connectivity index (χ2v) is 9.76. The lowest BCUT2D eigenvalue weighted by atomic mass is 9.84. The highest BCUT2D eigenvalue weighted by atomic mass is 16.8. The number of hydrogen-bond donors (Lipinski definition) is 0. The van der Waals surface area contributed by atoms with Crippen LogP contribution in [0.1, 0.15) is 57.3 Å². The maximum absolute atomic E-state index is 12.9.